The lowest BCUT2D eigenvalue weighted by Gasteiger charge is -2.06. The normalized spacial score (nSPS) is 13.1. The van der Waals surface area contributed by atoms with Crippen molar-refractivity contribution in [3.8, 4) is 34.4 Å². The summed E-state index contributed by atoms with van der Waals surface area (Å²) >= 11 is 0. The zero-order chi connectivity index (χ0) is 16.7. The number of imidazole rings is 1. The summed E-state index contributed by atoms with van der Waals surface area (Å²) in [6.07, 6.45) is 2.98. The fourth-order valence-corrected chi connectivity index (χ4v) is 2.99. The van der Waals surface area contributed by atoms with Gasteiger partial charge in [-0.2, -0.15) is 5.10 Å². The predicted molar refractivity (Wildman–Crippen MR) is 88.9 cm³/mol. The number of nitrogens with zero attached hydrogens (tertiary/aromatic N) is 5. The van der Waals surface area contributed by atoms with E-state index < -0.39 is 0 Å². The highest BCUT2D eigenvalue weighted by atomic mass is 16.5. The van der Waals surface area contributed by atoms with Gasteiger partial charge < -0.3 is 14.4 Å². The number of phenols is 1. The fraction of sp³-hybridized carbons (Fsp3) is 0.353. The molecule has 3 aromatic rings. The molecular formula is C17H19N5O2. The third kappa shape index (κ3) is 2.42. The Balaban J connectivity index is 1.84. The van der Waals surface area contributed by atoms with E-state index in [1.54, 1.807) is 12.1 Å². The Labute approximate surface area is 139 Å². The second-order valence-corrected chi connectivity index (χ2v) is 5.88. The van der Waals surface area contributed by atoms with Gasteiger partial charge in [0.2, 0.25) is 0 Å². The van der Waals surface area contributed by atoms with Gasteiger partial charge in [-0.3, -0.25) is 0 Å². The van der Waals surface area contributed by atoms with Crippen LogP contribution in [0.4, 0.5) is 0 Å². The fourth-order valence-electron chi connectivity index (χ4n) is 2.99. The van der Waals surface area contributed by atoms with Gasteiger partial charge in [-0.25, -0.2) is 14.6 Å². The second-order valence-electron chi connectivity index (χ2n) is 5.88. The minimum Gasteiger partial charge on any atom is -0.508 e. The molecule has 0 aliphatic carbocycles. The van der Waals surface area contributed by atoms with E-state index in [9.17, 15) is 5.11 Å². The molecule has 24 heavy (non-hydrogen) atoms. The van der Waals surface area contributed by atoms with E-state index in [1.807, 2.05) is 23.9 Å². The van der Waals surface area contributed by atoms with E-state index in [4.69, 9.17) is 9.72 Å². The molecule has 0 saturated heterocycles. The van der Waals surface area contributed by atoms with Crippen molar-refractivity contribution in [2.45, 2.75) is 33.4 Å². The zero-order valence-corrected chi connectivity index (χ0v) is 13.7. The maximum absolute atomic E-state index is 9.68. The van der Waals surface area contributed by atoms with Crippen LogP contribution in [0.15, 0.2) is 24.4 Å². The van der Waals surface area contributed by atoms with Gasteiger partial charge in [-0.05, 0) is 25.5 Å². The highest BCUT2D eigenvalue weighted by Crippen LogP contribution is 2.35. The van der Waals surface area contributed by atoms with Crippen LogP contribution >= 0.6 is 0 Å². The smallest absolute Gasteiger partial charge is 0.178 e. The highest BCUT2D eigenvalue weighted by molar-refractivity contribution is 5.69. The number of fused-ring (bicyclic) bond motifs is 3. The summed E-state index contributed by atoms with van der Waals surface area (Å²) in [6, 6.07) is 5.11. The molecule has 0 unspecified atom stereocenters. The average molecular weight is 325 g/mol. The molecule has 2 aromatic heterocycles. The number of aromatic hydroxyl groups is 1. The molecule has 0 atom stereocenters. The molecule has 3 heterocycles. The SMILES string of the molecule is CCCn1nc(C)nc1-c1cn2c(n1)-c1ccc(O)cc1OCC2. The van der Waals surface area contributed by atoms with Gasteiger partial charge in [0.15, 0.2) is 5.82 Å². The second kappa shape index (κ2) is 5.67. The van der Waals surface area contributed by atoms with Crippen LogP contribution in [0.3, 0.4) is 0 Å². The molecule has 0 amide bonds. The van der Waals surface area contributed by atoms with Crippen LogP contribution in [-0.2, 0) is 13.1 Å². The van der Waals surface area contributed by atoms with Gasteiger partial charge in [0, 0.05) is 18.8 Å². The molecule has 4 rings (SSSR count). The Bertz CT molecular complexity index is 897. The standard InChI is InChI=1S/C17H19N5O2/c1-3-6-22-17(18-11(2)20-22)14-10-21-7-8-24-15-9-12(23)4-5-13(15)16(21)19-14/h4-5,9-10,23H,3,6-8H2,1-2H3. The van der Waals surface area contributed by atoms with Gasteiger partial charge in [0.1, 0.15) is 35.4 Å². The first-order valence-electron chi connectivity index (χ1n) is 8.11. The molecule has 0 saturated carbocycles. The molecule has 1 N–H and O–H groups in total. The number of rotatable bonds is 3. The van der Waals surface area contributed by atoms with Crippen molar-refractivity contribution in [2.75, 3.05) is 6.61 Å². The van der Waals surface area contributed by atoms with E-state index in [1.165, 1.54) is 0 Å². The number of aromatic nitrogens is 5. The first-order chi connectivity index (χ1) is 11.7. The Morgan fingerprint density at radius 1 is 1.25 bits per heavy atom. The van der Waals surface area contributed by atoms with Crippen molar-refractivity contribution >= 4 is 0 Å². The molecule has 7 nitrogen and oxygen atoms in total. The average Bonchev–Trinajstić information content (AvgIpc) is 3.07. The Morgan fingerprint density at radius 3 is 2.96 bits per heavy atom. The maximum atomic E-state index is 9.68. The van der Waals surface area contributed by atoms with E-state index in [0.29, 0.717) is 18.9 Å². The summed E-state index contributed by atoms with van der Waals surface area (Å²) in [7, 11) is 0. The summed E-state index contributed by atoms with van der Waals surface area (Å²) < 4.78 is 9.70. The number of hydrogen-bond acceptors (Lipinski definition) is 5. The Morgan fingerprint density at radius 2 is 2.12 bits per heavy atom. The number of benzene rings is 1. The lowest BCUT2D eigenvalue weighted by Crippen LogP contribution is -2.04. The largest absolute Gasteiger partial charge is 0.508 e. The molecule has 0 radical (unpaired) electrons. The first kappa shape index (κ1) is 14.7. The van der Waals surface area contributed by atoms with E-state index in [0.717, 1.165) is 41.7 Å². The van der Waals surface area contributed by atoms with Crippen molar-refractivity contribution in [1.29, 1.82) is 0 Å². The van der Waals surface area contributed by atoms with Gasteiger partial charge in [0.05, 0.1) is 12.1 Å². The van der Waals surface area contributed by atoms with Crippen LogP contribution in [0.25, 0.3) is 22.9 Å². The van der Waals surface area contributed by atoms with E-state index in [2.05, 4.69) is 21.6 Å². The summed E-state index contributed by atoms with van der Waals surface area (Å²) in [5.41, 5.74) is 1.68. The molecule has 1 aliphatic rings. The van der Waals surface area contributed by atoms with Crippen LogP contribution in [-0.4, -0.2) is 36.0 Å². The van der Waals surface area contributed by atoms with Crippen LogP contribution in [0.2, 0.25) is 0 Å². The monoisotopic (exact) mass is 325 g/mol. The minimum absolute atomic E-state index is 0.187. The lowest BCUT2D eigenvalue weighted by atomic mass is 10.2. The first-order valence-corrected chi connectivity index (χ1v) is 8.11. The summed E-state index contributed by atoms with van der Waals surface area (Å²) in [5.74, 6) is 3.19. The van der Waals surface area contributed by atoms with E-state index >= 15 is 0 Å². The third-order valence-electron chi connectivity index (χ3n) is 4.01. The molecular weight excluding hydrogens is 306 g/mol. The van der Waals surface area contributed by atoms with Crippen LogP contribution in [0, 0.1) is 6.92 Å². The molecule has 7 heteroatoms. The lowest BCUT2D eigenvalue weighted by molar-refractivity contribution is 0.305. The van der Waals surface area contributed by atoms with Gasteiger partial charge in [-0.15, -0.1) is 0 Å². The van der Waals surface area contributed by atoms with Crippen molar-refractivity contribution in [3.05, 3.63) is 30.2 Å². The highest BCUT2D eigenvalue weighted by Gasteiger charge is 2.21. The Hall–Kier alpha value is -2.83. The minimum atomic E-state index is 0.187. The molecule has 0 bridgehead atoms. The summed E-state index contributed by atoms with van der Waals surface area (Å²) in [4.78, 5) is 9.33. The van der Waals surface area contributed by atoms with Crippen molar-refractivity contribution < 1.29 is 9.84 Å². The van der Waals surface area contributed by atoms with Crippen LogP contribution in [0.1, 0.15) is 19.2 Å². The van der Waals surface area contributed by atoms with Crippen molar-refractivity contribution in [3.63, 3.8) is 0 Å². The van der Waals surface area contributed by atoms with Crippen LogP contribution in [0.5, 0.6) is 11.5 Å². The molecule has 0 fully saturated rings. The number of ether oxygens (including phenoxy) is 1. The maximum Gasteiger partial charge on any atom is 0.178 e. The zero-order valence-electron chi connectivity index (χ0n) is 13.7. The third-order valence-corrected chi connectivity index (χ3v) is 4.01. The van der Waals surface area contributed by atoms with Gasteiger partial charge in [0.25, 0.3) is 0 Å². The topological polar surface area (TPSA) is 78.0 Å². The predicted octanol–water partition coefficient (Wildman–Crippen LogP) is 2.63. The number of aryl methyl sites for hydroxylation is 2. The summed E-state index contributed by atoms with van der Waals surface area (Å²) in [6.45, 7) is 6.04. The van der Waals surface area contributed by atoms with Crippen LogP contribution < -0.4 is 4.74 Å². The number of hydrogen-bond donors (Lipinski definition) is 1. The van der Waals surface area contributed by atoms with Crippen molar-refractivity contribution in [2.24, 2.45) is 0 Å². The molecule has 1 aliphatic heterocycles. The van der Waals surface area contributed by atoms with E-state index in [-0.39, 0.29) is 5.75 Å². The Kier molecular flexibility index (Phi) is 3.48. The number of phenolic OH excluding ortho intramolecular Hbond substituents is 1. The quantitative estimate of drug-likeness (QED) is 0.801. The summed E-state index contributed by atoms with van der Waals surface area (Å²) in [5, 5.41) is 14.1. The van der Waals surface area contributed by atoms with Crippen molar-refractivity contribution in [1.82, 2.24) is 24.3 Å². The molecule has 124 valence electrons. The molecule has 1 aromatic carbocycles. The van der Waals surface area contributed by atoms with Gasteiger partial charge in [-0.1, -0.05) is 6.92 Å². The molecule has 0 spiro atoms. The van der Waals surface area contributed by atoms with Gasteiger partial charge >= 0.3 is 0 Å².